The molecule has 1 saturated carbocycles. The third-order valence-corrected chi connectivity index (χ3v) is 2.18. The Bertz CT molecular complexity index is 112. The summed E-state index contributed by atoms with van der Waals surface area (Å²) in [5.41, 5.74) is 0. The van der Waals surface area contributed by atoms with E-state index >= 15 is 0 Å². The van der Waals surface area contributed by atoms with Crippen LogP contribution >= 0.6 is 0 Å². The van der Waals surface area contributed by atoms with E-state index in [-0.39, 0.29) is 12.0 Å². The second kappa shape index (κ2) is 3.71. The van der Waals surface area contributed by atoms with E-state index in [0.717, 1.165) is 38.4 Å². The normalized spacial score (nSPS) is 34.9. The highest BCUT2D eigenvalue weighted by atomic mass is 16.3. The fourth-order valence-electron chi connectivity index (χ4n) is 1.45. The molecule has 0 aliphatic heterocycles. The zero-order valence-corrected chi connectivity index (χ0v) is 6.12. The average molecular weight is 142 g/mol. The average Bonchev–Trinajstić information content (AvgIpc) is 2.14. The van der Waals surface area contributed by atoms with Crippen LogP contribution in [0.3, 0.4) is 0 Å². The van der Waals surface area contributed by atoms with Crippen molar-refractivity contribution in [1.82, 2.24) is 0 Å². The van der Waals surface area contributed by atoms with Gasteiger partial charge in [0.25, 0.3) is 0 Å². The Labute approximate surface area is 61.2 Å². The van der Waals surface area contributed by atoms with E-state index in [1.54, 1.807) is 0 Å². The molecule has 1 aliphatic carbocycles. The first kappa shape index (κ1) is 7.73. The maximum Gasteiger partial charge on any atom is 0.123 e. The molecule has 58 valence electrons. The van der Waals surface area contributed by atoms with Gasteiger partial charge in [-0.1, -0.05) is 6.42 Å². The molecule has 0 radical (unpaired) electrons. The van der Waals surface area contributed by atoms with Gasteiger partial charge in [-0.3, -0.25) is 0 Å². The molecule has 0 bridgehead atoms. The molecule has 2 heteroatoms. The summed E-state index contributed by atoms with van der Waals surface area (Å²) in [6.07, 6.45) is 5.42. The largest absolute Gasteiger partial charge is 0.393 e. The van der Waals surface area contributed by atoms with Crippen LogP contribution in [0, 0.1) is 5.92 Å². The Kier molecular flexibility index (Phi) is 2.87. The van der Waals surface area contributed by atoms with E-state index in [2.05, 4.69) is 0 Å². The number of hydrogen-bond acceptors (Lipinski definition) is 2. The number of hydrogen-bond donors (Lipinski definition) is 1. The molecule has 0 heterocycles. The summed E-state index contributed by atoms with van der Waals surface area (Å²) < 4.78 is 0. The van der Waals surface area contributed by atoms with Crippen LogP contribution in [0.4, 0.5) is 0 Å². The Balaban J connectivity index is 2.32. The van der Waals surface area contributed by atoms with Crippen molar-refractivity contribution in [2.24, 2.45) is 5.92 Å². The van der Waals surface area contributed by atoms with Crippen LogP contribution in [0.25, 0.3) is 0 Å². The lowest BCUT2D eigenvalue weighted by molar-refractivity contribution is -0.111. The topological polar surface area (TPSA) is 37.3 Å². The van der Waals surface area contributed by atoms with Gasteiger partial charge in [-0.15, -0.1) is 0 Å². The summed E-state index contributed by atoms with van der Waals surface area (Å²) in [6, 6.07) is 0. The predicted molar refractivity (Wildman–Crippen MR) is 38.6 cm³/mol. The van der Waals surface area contributed by atoms with Crippen LogP contribution in [-0.4, -0.2) is 17.5 Å². The summed E-state index contributed by atoms with van der Waals surface area (Å²) >= 11 is 0. The van der Waals surface area contributed by atoms with E-state index in [9.17, 15) is 9.90 Å². The minimum Gasteiger partial charge on any atom is -0.393 e. The highest BCUT2D eigenvalue weighted by Crippen LogP contribution is 2.21. The molecule has 2 atom stereocenters. The molecule has 2 unspecified atom stereocenters. The number of rotatable bonds is 1. The van der Waals surface area contributed by atoms with E-state index in [1.807, 2.05) is 0 Å². The fourth-order valence-corrected chi connectivity index (χ4v) is 1.45. The second-order valence-corrected chi connectivity index (χ2v) is 3.06. The van der Waals surface area contributed by atoms with E-state index < -0.39 is 0 Å². The SMILES string of the molecule is O=CC1CCCC(O)CC1. The molecule has 0 saturated heterocycles. The number of aliphatic hydroxyl groups excluding tert-OH is 1. The monoisotopic (exact) mass is 142 g/mol. The zero-order valence-electron chi connectivity index (χ0n) is 6.12. The van der Waals surface area contributed by atoms with Crippen molar-refractivity contribution in [3.05, 3.63) is 0 Å². The van der Waals surface area contributed by atoms with Crippen LogP contribution in [-0.2, 0) is 4.79 Å². The summed E-state index contributed by atoms with van der Waals surface area (Å²) in [4.78, 5) is 10.3. The molecule has 2 nitrogen and oxygen atoms in total. The molecular weight excluding hydrogens is 128 g/mol. The quantitative estimate of drug-likeness (QED) is 0.440. The minimum atomic E-state index is -0.148. The highest BCUT2D eigenvalue weighted by Gasteiger charge is 2.15. The van der Waals surface area contributed by atoms with E-state index in [4.69, 9.17) is 0 Å². The first-order valence-electron chi connectivity index (χ1n) is 3.96. The highest BCUT2D eigenvalue weighted by molar-refractivity contribution is 5.53. The second-order valence-electron chi connectivity index (χ2n) is 3.06. The lowest BCUT2D eigenvalue weighted by Gasteiger charge is -2.03. The van der Waals surface area contributed by atoms with Crippen LogP contribution in [0.1, 0.15) is 32.1 Å². The van der Waals surface area contributed by atoms with Gasteiger partial charge < -0.3 is 9.90 Å². The Morgan fingerprint density at radius 2 is 2.00 bits per heavy atom. The summed E-state index contributed by atoms with van der Waals surface area (Å²) in [6.45, 7) is 0. The van der Waals surface area contributed by atoms with Crippen molar-refractivity contribution in [3.8, 4) is 0 Å². The molecule has 0 aromatic carbocycles. The smallest absolute Gasteiger partial charge is 0.123 e. The molecule has 0 spiro atoms. The van der Waals surface area contributed by atoms with Crippen LogP contribution in [0.5, 0.6) is 0 Å². The van der Waals surface area contributed by atoms with Gasteiger partial charge in [-0.2, -0.15) is 0 Å². The van der Waals surface area contributed by atoms with Gasteiger partial charge >= 0.3 is 0 Å². The summed E-state index contributed by atoms with van der Waals surface area (Å²) in [7, 11) is 0. The first-order chi connectivity index (χ1) is 4.83. The lowest BCUT2D eigenvalue weighted by atomic mass is 10.0. The van der Waals surface area contributed by atoms with Gasteiger partial charge in [-0.05, 0) is 25.7 Å². The summed E-state index contributed by atoms with van der Waals surface area (Å²) in [5.74, 6) is 0.220. The van der Waals surface area contributed by atoms with Crippen molar-refractivity contribution in [1.29, 1.82) is 0 Å². The van der Waals surface area contributed by atoms with Gasteiger partial charge in [0.2, 0.25) is 0 Å². The van der Waals surface area contributed by atoms with Crippen molar-refractivity contribution < 1.29 is 9.90 Å². The first-order valence-corrected chi connectivity index (χ1v) is 3.96. The van der Waals surface area contributed by atoms with E-state index in [1.165, 1.54) is 0 Å². The molecule has 1 N–H and O–H groups in total. The Morgan fingerprint density at radius 3 is 2.70 bits per heavy atom. The molecule has 0 amide bonds. The predicted octanol–water partition coefficient (Wildman–Crippen LogP) is 1.13. The zero-order chi connectivity index (χ0) is 7.40. The fraction of sp³-hybridized carbons (Fsp3) is 0.875. The van der Waals surface area contributed by atoms with Crippen LogP contribution in [0.2, 0.25) is 0 Å². The maximum absolute atomic E-state index is 10.3. The number of aldehydes is 1. The molecular formula is C8H14O2. The lowest BCUT2D eigenvalue weighted by Crippen LogP contribution is -2.04. The van der Waals surface area contributed by atoms with E-state index in [0.29, 0.717) is 0 Å². The number of aliphatic hydroxyl groups is 1. The molecule has 0 aromatic heterocycles. The van der Waals surface area contributed by atoms with Crippen molar-refractivity contribution >= 4 is 6.29 Å². The van der Waals surface area contributed by atoms with Gasteiger partial charge in [0.05, 0.1) is 6.10 Å². The van der Waals surface area contributed by atoms with Crippen molar-refractivity contribution in [3.63, 3.8) is 0 Å². The summed E-state index contributed by atoms with van der Waals surface area (Å²) in [5, 5.41) is 9.19. The van der Waals surface area contributed by atoms with Crippen molar-refractivity contribution in [2.45, 2.75) is 38.2 Å². The molecule has 0 aromatic rings. The van der Waals surface area contributed by atoms with Gasteiger partial charge in [0.1, 0.15) is 6.29 Å². The molecule has 1 rings (SSSR count). The number of carbonyl (C=O) groups excluding carboxylic acids is 1. The standard InChI is InChI=1S/C8H14O2/c9-6-7-2-1-3-8(10)5-4-7/h6-8,10H,1-5H2. The van der Waals surface area contributed by atoms with Gasteiger partial charge in [0.15, 0.2) is 0 Å². The van der Waals surface area contributed by atoms with Crippen LogP contribution < -0.4 is 0 Å². The van der Waals surface area contributed by atoms with Crippen LogP contribution in [0.15, 0.2) is 0 Å². The molecule has 1 aliphatic rings. The Hall–Kier alpha value is -0.370. The minimum absolute atomic E-state index is 0.148. The Morgan fingerprint density at radius 1 is 1.20 bits per heavy atom. The maximum atomic E-state index is 10.3. The van der Waals surface area contributed by atoms with Gasteiger partial charge in [0, 0.05) is 5.92 Å². The molecule has 10 heavy (non-hydrogen) atoms. The number of carbonyl (C=O) groups is 1. The van der Waals surface area contributed by atoms with Crippen molar-refractivity contribution in [2.75, 3.05) is 0 Å². The van der Waals surface area contributed by atoms with Gasteiger partial charge in [-0.25, -0.2) is 0 Å². The molecule has 1 fully saturated rings. The third kappa shape index (κ3) is 2.10. The third-order valence-electron chi connectivity index (χ3n) is 2.18.